The van der Waals surface area contributed by atoms with E-state index < -0.39 is 0 Å². The number of aryl methyl sites for hydroxylation is 1. The number of furan rings is 1. The molecule has 0 aliphatic rings. The molecule has 0 aromatic carbocycles. The third-order valence-corrected chi connectivity index (χ3v) is 3.06. The zero-order valence-corrected chi connectivity index (χ0v) is 11.1. The van der Waals surface area contributed by atoms with Crippen molar-refractivity contribution in [3.8, 4) is 0 Å². The van der Waals surface area contributed by atoms with E-state index in [1.165, 1.54) is 5.56 Å². The van der Waals surface area contributed by atoms with E-state index in [-0.39, 0.29) is 6.04 Å². The van der Waals surface area contributed by atoms with Crippen LogP contribution < -0.4 is 10.6 Å². The van der Waals surface area contributed by atoms with Crippen LogP contribution in [0.25, 0.3) is 0 Å². The molecule has 0 fully saturated rings. The first kappa shape index (κ1) is 12.6. The first-order valence-corrected chi connectivity index (χ1v) is 6.03. The van der Waals surface area contributed by atoms with Gasteiger partial charge < -0.3 is 15.1 Å². The Morgan fingerprint density at radius 1 is 1.39 bits per heavy atom. The highest BCUT2D eigenvalue weighted by atomic mass is 16.3. The van der Waals surface area contributed by atoms with E-state index in [1.54, 1.807) is 6.26 Å². The summed E-state index contributed by atoms with van der Waals surface area (Å²) in [5.41, 5.74) is 8.03. The number of anilines is 1. The van der Waals surface area contributed by atoms with Crippen molar-refractivity contribution in [2.24, 2.45) is 5.73 Å². The second kappa shape index (κ2) is 5.23. The third kappa shape index (κ3) is 2.71. The van der Waals surface area contributed by atoms with Crippen LogP contribution in [0.1, 0.15) is 29.9 Å². The lowest BCUT2D eigenvalue weighted by Crippen LogP contribution is -2.18. The predicted molar refractivity (Wildman–Crippen MR) is 72.4 cm³/mol. The number of rotatable bonds is 4. The van der Waals surface area contributed by atoms with E-state index in [4.69, 9.17) is 10.2 Å². The maximum atomic E-state index is 5.80. The zero-order chi connectivity index (χ0) is 13.1. The minimum Gasteiger partial charge on any atom is -0.469 e. The predicted octanol–water partition coefficient (Wildman–Crippen LogP) is 2.64. The van der Waals surface area contributed by atoms with Gasteiger partial charge in [0.2, 0.25) is 0 Å². The highest BCUT2D eigenvalue weighted by molar-refractivity contribution is 5.40. The summed E-state index contributed by atoms with van der Waals surface area (Å²) in [7, 11) is 2.01. The average Bonchev–Trinajstić information content (AvgIpc) is 2.75. The van der Waals surface area contributed by atoms with Gasteiger partial charge in [-0.05, 0) is 31.5 Å². The molecule has 0 aliphatic carbocycles. The van der Waals surface area contributed by atoms with Gasteiger partial charge in [0, 0.05) is 31.4 Å². The SMILES string of the molecule is Cc1occc1CN(C)c1ccc([C@@H](C)N)cn1. The second-order valence-electron chi connectivity index (χ2n) is 4.60. The third-order valence-electron chi connectivity index (χ3n) is 3.06. The molecule has 0 spiro atoms. The largest absolute Gasteiger partial charge is 0.469 e. The number of aromatic nitrogens is 1. The van der Waals surface area contributed by atoms with Crippen LogP contribution in [0.2, 0.25) is 0 Å². The van der Waals surface area contributed by atoms with E-state index in [9.17, 15) is 0 Å². The monoisotopic (exact) mass is 245 g/mol. The first-order valence-electron chi connectivity index (χ1n) is 6.03. The van der Waals surface area contributed by atoms with Gasteiger partial charge in [-0.25, -0.2) is 4.98 Å². The molecule has 2 aromatic rings. The number of hydrogen-bond acceptors (Lipinski definition) is 4. The Bertz CT molecular complexity index is 502. The fourth-order valence-corrected chi connectivity index (χ4v) is 1.80. The van der Waals surface area contributed by atoms with Crippen LogP contribution in [-0.4, -0.2) is 12.0 Å². The number of nitrogens with two attached hydrogens (primary N) is 1. The number of pyridine rings is 1. The van der Waals surface area contributed by atoms with Crippen LogP contribution in [0.4, 0.5) is 5.82 Å². The zero-order valence-electron chi connectivity index (χ0n) is 11.1. The van der Waals surface area contributed by atoms with Crippen molar-refractivity contribution in [1.29, 1.82) is 0 Å². The minimum atomic E-state index is 0.0213. The lowest BCUT2D eigenvalue weighted by Gasteiger charge is -2.18. The lowest BCUT2D eigenvalue weighted by molar-refractivity contribution is 0.529. The van der Waals surface area contributed by atoms with E-state index in [0.29, 0.717) is 0 Å². The molecule has 1 atom stereocenters. The van der Waals surface area contributed by atoms with Crippen LogP contribution in [0.15, 0.2) is 35.1 Å². The van der Waals surface area contributed by atoms with E-state index in [0.717, 1.165) is 23.7 Å². The van der Waals surface area contributed by atoms with E-state index in [2.05, 4.69) is 9.88 Å². The molecule has 0 aliphatic heterocycles. The molecule has 0 bridgehead atoms. The molecule has 96 valence electrons. The Morgan fingerprint density at radius 3 is 2.67 bits per heavy atom. The van der Waals surface area contributed by atoms with Crippen molar-refractivity contribution in [1.82, 2.24) is 4.98 Å². The molecule has 4 nitrogen and oxygen atoms in total. The molecule has 0 radical (unpaired) electrons. The van der Waals surface area contributed by atoms with Gasteiger partial charge in [0.05, 0.1) is 6.26 Å². The van der Waals surface area contributed by atoms with Crippen LogP contribution >= 0.6 is 0 Å². The summed E-state index contributed by atoms with van der Waals surface area (Å²) in [5.74, 6) is 1.88. The van der Waals surface area contributed by atoms with Gasteiger partial charge in [0.15, 0.2) is 0 Å². The maximum absolute atomic E-state index is 5.80. The van der Waals surface area contributed by atoms with Gasteiger partial charge in [-0.2, -0.15) is 0 Å². The summed E-state index contributed by atoms with van der Waals surface area (Å²) in [6, 6.07) is 6.02. The fraction of sp³-hybridized carbons (Fsp3) is 0.357. The van der Waals surface area contributed by atoms with Crippen molar-refractivity contribution in [3.05, 3.63) is 47.5 Å². The smallest absolute Gasteiger partial charge is 0.128 e. The van der Waals surface area contributed by atoms with Gasteiger partial charge in [0.1, 0.15) is 11.6 Å². The van der Waals surface area contributed by atoms with Gasteiger partial charge in [-0.15, -0.1) is 0 Å². The molecule has 2 aromatic heterocycles. The minimum absolute atomic E-state index is 0.0213. The van der Waals surface area contributed by atoms with Crippen LogP contribution in [0, 0.1) is 6.92 Å². The lowest BCUT2D eigenvalue weighted by atomic mass is 10.1. The first-order chi connectivity index (χ1) is 8.58. The Hall–Kier alpha value is -1.81. The fourth-order valence-electron chi connectivity index (χ4n) is 1.80. The molecule has 0 saturated heterocycles. The van der Waals surface area contributed by atoms with Crippen molar-refractivity contribution < 1.29 is 4.42 Å². The molecule has 0 saturated carbocycles. The molecular weight excluding hydrogens is 226 g/mol. The van der Waals surface area contributed by atoms with Crippen molar-refractivity contribution in [2.75, 3.05) is 11.9 Å². The Kier molecular flexibility index (Phi) is 3.67. The standard InChI is InChI=1S/C14H19N3O/c1-10(15)12-4-5-14(16-8-12)17(3)9-13-6-7-18-11(13)2/h4-8,10H,9,15H2,1-3H3/t10-/m1/s1. The van der Waals surface area contributed by atoms with Crippen molar-refractivity contribution >= 4 is 5.82 Å². The second-order valence-corrected chi connectivity index (χ2v) is 4.60. The summed E-state index contributed by atoms with van der Waals surface area (Å²) in [6.07, 6.45) is 3.55. The van der Waals surface area contributed by atoms with Crippen molar-refractivity contribution in [3.63, 3.8) is 0 Å². The Balaban J connectivity index is 2.09. The van der Waals surface area contributed by atoms with Gasteiger partial charge in [-0.1, -0.05) is 6.07 Å². The summed E-state index contributed by atoms with van der Waals surface area (Å²) < 4.78 is 5.29. The highest BCUT2D eigenvalue weighted by Crippen LogP contribution is 2.17. The Morgan fingerprint density at radius 2 is 2.17 bits per heavy atom. The summed E-state index contributed by atoms with van der Waals surface area (Å²) in [4.78, 5) is 6.51. The normalized spacial score (nSPS) is 12.4. The van der Waals surface area contributed by atoms with Crippen LogP contribution in [-0.2, 0) is 6.54 Å². The van der Waals surface area contributed by atoms with Crippen LogP contribution in [0.5, 0.6) is 0 Å². The molecule has 0 amide bonds. The maximum Gasteiger partial charge on any atom is 0.128 e. The number of hydrogen-bond donors (Lipinski definition) is 1. The van der Waals surface area contributed by atoms with Gasteiger partial charge in [-0.3, -0.25) is 0 Å². The highest BCUT2D eigenvalue weighted by Gasteiger charge is 2.08. The van der Waals surface area contributed by atoms with Crippen LogP contribution in [0.3, 0.4) is 0 Å². The molecular formula is C14H19N3O. The van der Waals surface area contributed by atoms with Crippen molar-refractivity contribution in [2.45, 2.75) is 26.4 Å². The quantitative estimate of drug-likeness (QED) is 0.899. The number of nitrogens with zero attached hydrogens (tertiary/aromatic N) is 2. The molecule has 2 heterocycles. The molecule has 2 N–H and O–H groups in total. The average molecular weight is 245 g/mol. The van der Waals surface area contributed by atoms with Gasteiger partial charge in [0.25, 0.3) is 0 Å². The van der Waals surface area contributed by atoms with E-state index >= 15 is 0 Å². The molecule has 0 unspecified atom stereocenters. The summed E-state index contributed by atoms with van der Waals surface area (Å²) in [6.45, 7) is 4.71. The molecule has 18 heavy (non-hydrogen) atoms. The Labute approximate surface area is 107 Å². The molecule has 4 heteroatoms. The molecule has 2 rings (SSSR count). The topological polar surface area (TPSA) is 55.3 Å². The summed E-state index contributed by atoms with van der Waals surface area (Å²) >= 11 is 0. The summed E-state index contributed by atoms with van der Waals surface area (Å²) in [5, 5.41) is 0. The van der Waals surface area contributed by atoms with Gasteiger partial charge >= 0.3 is 0 Å². The van der Waals surface area contributed by atoms with E-state index in [1.807, 2.05) is 45.3 Å².